The first-order valence-corrected chi connectivity index (χ1v) is 6.63. The third kappa shape index (κ3) is 5.53. The SMILES string of the molecule is CC(O)CCNC(=O)C(=O)Nc1ccc(C(F)(F)F)cc1Cl. The number of carbonyl (C=O) groups is 2. The van der Waals surface area contributed by atoms with Crippen LogP contribution in [0.2, 0.25) is 5.02 Å². The van der Waals surface area contributed by atoms with Crippen molar-refractivity contribution in [2.24, 2.45) is 0 Å². The van der Waals surface area contributed by atoms with Crippen LogP contribution in [-0.2, 0) is 15.8 Å². The van der Waals surface area contributed by atoms with Crippen molar-refractivity contribution >= 4 is 29.1 Å². The summed E-state index contributed by atoms with van der Waals surface area (Å²) in [6.07, 6.45) is -4.92. The smallest absolute Gasteiger partial charge is 0.393 e. The number of carbonyl (C=O) groups excluding carboxylic acids is 2. The number of halogens is 4. The minimum atomic E-state index is -4.55. The molecule has 1 aromatic rings. The number of nitrogens with one attached hydrogen (secondary N) is 2. The van der Waals surface area contributed by atoms with Crippen molar-refractivity contribution in [1.82, 2.24) is 5.32 Å². The van der Waals surface area contributed by atoms with E-state index in [4.69, 9.17) is 16.7 Å². The molecule has 0 aliphatic rings. The summed E-state index contributed by atoms with van der Waals surface area (Å²) in [7, 11) is 0. The van der Waals surface area contributed by atoms with Gasteiger partial charge in [-0.2, -0.15) is 13.2 Å². The van der Waals surface area contributed by atoms with Crippen LogP contribution in [-0.4, -0.2) is 29.6 Å². The maximum Gasteiger partial charge on any atom is 0.416 e. The first kappa shape index (κ1) is 18.2. The molecule has 0 saturated heterocycles. The third-order valence-corrected chi connectivity index (χ3v) is 2.91. The Kier molecular flexibility index (Phi) is 6.19. The molecular formula is C13H14ClF3N2O3. The number of hydrogen-bond acceptors (Lipinski definition) is 3. The van der Waals surface area contributed by atoms with Gasteiger partial charge in [0.1, 0.15) is 0 Å². The molecule has 0 bridgehead atoms. The zero-order valence-electron chi connectivity index (χ0n) is 11.5. The summed E-state index contributed by atoms with van der Waals surface area (Å²) in [4.78, 5) is 23.0. The number of hydrogen-bond donors (Lipinski definition) is 3. The van der Waals surface area contributed by atoms with E-state index in [0.29, 0.717) is 6.07 Å². The van der Waals surface area contributed by atoms with E-state index in [1.54, 1.807) is 0 Å². The number of aliphatic hydroxyl groups excluding tert-OH is 1. The van der Waals surface area contributed by atoms with Crippen molar-refractivity contribution in [3.8, 4) is 0 Å². The fourth-order valence-electron chi connectivity index (χ4n) is 1.45. The molecule has 5 nitrogen and oxygen atoms in total. The second kappa shape index (κ2) is 7.46. The number of benzene rings is 1. The standard InChI is InChI=1S/C13H14ClF3N2O3/c1-7(20)4-5-18-11(21)12(22)19-10-3-2-8(6-9(10)14)13(15,16)17/h2-3,6-7,20H,4-5H2,1H3,(H,18,21)(H,19,22). The average molecular weight is 339 g/mol. The summed E-state index contributed by atoms with van der Waals surface area (Å²) in [5.74, 6) is -2.04. The number of aliphatic hydroxyl groups is 1. The van der Waals surface area contributed by atoms with E-state index in [2.05, 4.69) is 10.6 Å². The van der Waals surface area contributed by atoms with E-state index in [9.17, 15) is 22.8 Å². The zero-order chi connectivity index (χ0) is 16.9. The summed E-state index contributed by atoms with van der Waals surface area (Å²) < 4.78 is 37.4. The lowest BCUT2D eigenvalue weighted by atomic mass is 10.2. The van der Waals surface area contributed by atoms with Crippen LogP contribution in [0.1, 0.15) is 18.9 Å². The fraction of sp³-hybridized carbons (Fsp3) is 0.385. The van der Waals surface area contributed by atoms with Crippen molar-refractivity contribution in [3.63, 3.8) is 0 Å². The van der Waals surface area contributed by atoms with Crippen molar-refractivity contribution in [2.45, 2.75) is 25.6 Å². The van der Waals surface area contributed by atoms with Gasteiger partial charge in [0.05, 0.1) is 22.4 Å². The van der Waals surface area contributed by atoms with Crippen LogP contribution in [0, 0.1) is 0 Å². The van der Waals surface area contributed by atoms with Crippen LogP contribution in [0.5, 0.6) is 0 Å². The maximum absolute atomic E-state index is 12.5. The lowest BCUT2D eigenvalue weighted by Gasteiger charge is -2.11. The van der Waals surface area contributed by atoms with Gasteiger partial charge in [-0.3, -0.25) is 9.59 Å². The van der Waals surface area contributed by atoms with Crippen LogP contribution >= 0.6 is 11.6 Å². The van der Waals surface area contributed by atoms with Crippen LogP contribution in [0.15, 0.2) is 18.2 Å². The molecule has 0 spiro atoms. The minimum Gasteiger partial charge on any atom is -0.393 e. The third-order valence-electron chi connectivity index (χ3n) is 2.60. The van der Waals surface area contributed by atoms with Gasteiger partial charge in [0, 0.05) is 6.54 Å². The Labute approximate surface area is 129 Å². The van der Waals surface area contributed by atoms with E-state index >= 15 is 0 Å². The van der Waals surface area contributed by atoms with Crippen molar-refractivity contribution in [2.75, 3.05) is 11.9 Å². The van der Waals surface area contributed by atoms with E-state index in [1.807, 2.05) is 0 Å². The molecule has 22 heavy (non-hydrogen) atoms. The molecule has 9 heteroatoms. The van der Waals surface area contributed by atoms with Gasteiger partial charge in [-0.05, 0) is 31.5 Å². The van der Waals surface area contributed by atoms with Crippen molar-refractivity contribution in [1.29, 1.82) is 0 Å². The minimum absolute atomic E-state index is 0.0880. The van der Waals surface area contributed by atoms with Gasteiger partial charge in [0.25, 0.3) is 0 Å². The Morgan fingerprint density at radius 1 is 1.32 bits per heavy atom. The van der Waals surface area contributed by atoms with E-state index in [0.717, 1.165) is 12.1 Å². The molecule has 0 aliphatic heterocycles. The van der Waals surface area contributed by atoms with Gasteiger partial charge in [-0.15, -0.1) is 0 Å². The summed E-state index contributed by atoms with van der Waals surface area (Å²) in [6, 6.07) is 2.36. The number of amides is 2. The monoisotopic (exact) mass is 338 g/mol. The average Bonchev–Trinajstić information content (AvgIpc) is 2.39. The lowest BCUT2D eigenvalue weighted by Crippen LogP contribution is -2.36. The highest BCUT2D eigenvalue weighted by molar-refractivity contribution is 6.41. The molecule has 0 aliphatic carbocycles. The van der Waals surface area contributed by atoms with Gasteiger partial charge in [0.15, 0.2) is 0 Å². The lowest BCUT2D eigenvalue weighted by molar-refractivity contribution is -0.137. The maximum atomic E-state index is 12.5. The molecule has 0 fully saturated rings. The van der Waals surface area contributed by atoms with Gasteiger partial charge in [-0.1, -0.05) is 11.6 Å². The Balaban J connectivity index is 2.67. The molecule has 0 heterocycles. The molecule has 1 unspecified atom stereocenters. The van der Waals surface area contributed by atoms with Crippen LogP contribution in [0.3, 0.4) is 0 Å². The summed E-state index contributed by atoms with van der Waals surface area (Å²) >= 11 is 5.65. The van der Waals surface area contributed by atoms with Gasteiger partial charge >= 0.3 is 18.0 Å². The summed E-state index contributed by atoms with van der Waals surface area (Å²) in [6.45, 7) is 1.61. The fourth-order valence-corrected chi connectivity index (χ4v) is 1.67. The summed E-state index contributed by atoms with van der Waals surface area (Å²) in [5.41, 5.74) is -1.07. The molecule has 0 radical (unpaired) electrons. The Bertz CT molecular complexity index is 562. The highest BCUT2D eigenvalue weighted by atomic mass is 35.5. The Morgan fingerprint density at radius 3 is 2.45 bits per heavy atom. The molecule has 1 rings (SSSR count). The van der Waals surface area contributed by atoms with Gasteiger partial charge in [-0.25, -0.2) is 0 Å². The van der Waals surface area contributed by atoms with Crippen LogP contribution in [0.4, 0.5) is 18.9 Å². The quantitative estimate of drug-likeness (QED) is 0.736. The second-order valence-electron chi connectivity index (χ2n) is 4.54. The normalized spacial score (nSPS) is 12.6. The van der Waals surface area contributed by atoms with E-state index < -0.39 is 29.7 Å². The predicted molar refractivity (Wildman–Crippen MR) is 74.4 cm³/mol. The van der Waals surface area contributed by atoms with Crippen molar-refractivity contribution in [3.05, 3.63) is 28.8 Å². The molecule has 1 aromatic carbocycles. The molecule has 2 amide bonds. The first-order valence-electron chi connectivity index (χ1n) is 6.25. The van der Waals surface area contributed by atoms with Crippen molar-refractivity contribution < 1.29 is 27.9 Å². The van der Waals surface area contributed by atoms with E-state index in [-0.39, 0.29) is 23.7 Å². The Hall–Kier alpha value is -1.80. The molecule has 0 aromatic heterocycles. The number of anilines is 1. The first-order chi connectivity index (χ1) is 10.1. The molecule has 3 N–H and O–H groups in total. The molecular weight excluding hydrogens is 325 g/mol. The van der Waals surface area contributed by atoms with E-state index in [1.165, 1.54) is 6.92 Å². The molecule has 1 atom stereocenters. The van der Waals surface area contributed by atoms with Crippen LogP contribution < -0.4 is 10.6 Å². The van der Waals surface area contributed by atoms with Crippen LogP contribution in [0.25, 0.3) is 0 Å². The predicted octanol–water partition coefficient (Wildman–Crippen LogP) is 2.18. The van der Waals surface area contributed by atoms with Gasteiger partial charge < -0.3 is 15.7 Å². The topological polar surface area (TPSA) is 78.4 Å². The number of alkyl halides is 3. The number of rotatable bonds is 4. The molecule has 122 valence electrons. The Morgan fingerprint density at radius 2 is 1.95 bits per heavy atom. The zero-order valence-corrected chi connectivity index (χ0v) is 12.3. The second-order valence-corrected chi connectivity index (χ2v) is 4.95. The largest absolute Gasteiger partial charge is 0.416 e. The molecule has 0 saturated carbocycles. The highest BCUT2D eigenvalue weighted by Gasteiger charge is 2.31. The van der Waals surface area contributed by atoms with Gasteiger partial charge in [0.2, 0.25) is 0 Å². The summed E-state index contributed by atoms with van der Waals surface area (Å²) in [5, 5.41) is 13.0. The highest BCUT2D eigenvalue weighted by Crippen LogP contribution is 2.33.